The molecule has 3 rings (SSSR count). The van der Waals surface area contributed by atoms with E-state index in [2.05, 4.69) is 0 Å². The fraction of sp³-hybridized carbons (Fsp3) is 0.235. The summed E-state index contributed by atoms with van der Waals surface area (Å²) in [6.07, 6.45) is 3.78. The summed E-state index contributed by atoms with van der Waals surface area (Å²) in [7, 11) is 1.62. The molecule has 8 heteroatoms. The fourth-order valence-electron chi connectivity index (χ4n) is 2.79. The van der Waals surface area contributed by atoms with Crippen LogP contribution in [-0.4, -0.2) is 46.4 Å². The monoisotopic (exact) mass is 376 g/mol. The molecule has 6 nitrogen and oxygen atoms in total. The Morgan fingerprint density at radius 1 is 1.32 bits per heavy atom. The molecule has 2 aliphatic heterocycles. The van der Waals surface area contributed by atoms with E-state index in [4.69, 9.17) is 22.1 Å². The number of fused-ring (bicyclic) bond motifs is 1. The van der Waals surface area contributed by atoms with Crippen molar-refractivity contribution in [3.63, 3.8) is 0 Å². The number of methoxy groups -OCH3 is 1. The van der Waals surface area contributed by atoms with Gasteiger partial charge in [0.2, 0.25) is 0 Å². The molecule has 2 heterocycles. The summed E-state index contributed by atoms with van der Waals surface area (Å²) in [5, 5.41) is 8.97. The third-order valence-corrected chi connectivity index (χ3v) is 5.38. The van der Waals surface area contributed by atoms with Crippen molar-refractivity contribution in [3.05, 3.63) is 40.4 Å². The summed E-state index contributed by atoms with van der Waals surface area (Å²) in [6.45, 7) is 2.22. The Morgan fingerprint density at radius 3 is 2.72 bits per heavy atom. The van der Waals surface area contributed by atoms with Gasteiger partial charge >= 0.3 is 5.97 Å². The molecule has 2 aliphatic rings. The molecule has 0 radical (unpaired) electrons. The second-order valence-electron chi connectivity index (χ2n) is 5.37. The topological polar surface area (TPSA) is 70.1 Å². The summed E-state index contributed by atoms with van der Waals surface area (Å²) in [5.41, 5.74) is 2.68. The van der Waals surface area contributed by atoms with Gasteiger partial charge in [0, 0.05) is 17.8 Å². The number of thioether (sulfide) groups is 1. The molecule has 1 aromatic rings. The van der Waals surface area contributed by atoms with Crippen LogP contribution in [0, 0.1) is 0 Å². The van der Waals surface area contributed by atoms with Gasteiger partial charge in [-0.3, -0.25) is 14.5 Å². The van der Waals surface area contributed by atoms with Crippen LogP contribution >= 0.6 is 24.0 Å². The number of nitrogens with zero attached hydrogens (tertiary/aromatic N) is 2. The average molecular weight is 376 g/mol. The zero-order valence-electron chi connectivity index (χ0n) is 13.7. The number of benzene rings is 1. The van der Waals surface area contributed by atoms with Crippen LogP contribution in [0.1, 0.15) is 12.5 Å². The van der Waals surface area contributed by atoms with Crippen LogP contribution in [0.15, 0.2) is 34.9 Å². The number of allylic oxidation sites excluding steroid dienone is 1. The molecule has 0 bridgehead atoms. The van der Waals surface area contributed by atoms with Crippen LogP contribution in [0.4, 0.5) is 5.69 Å². The quantitative estimate of drug-likeness (QED) is 0.640. The molecule has 130 valence electrons. The highest BCUT2D eigenvalue weighted by molar-refractivity contribution is 8.26. The van der Waals surface area contributed by atoms with Crippen LogP contribution in [0.3, 0.4) is 0 Å². The molecule has 0 spiro atoms. The number of carboxylic acids is 1. The molecule has 1 aromatic carbocycles. The number of carbonyl (C=O) groups is 2. The van der Waals surface area contributed by atoms with E-state index in [1.54, 1.807) is 7.11 Å². The predicted molar refractivity (Wildman–Crippen MR) is 102 cm³/mol. The van der Waals surface area contributed by atoms with Crippen molar-refractivity contribution in [1.82, 2.24) is 4.90 Å². The van der Waals surface area contributed by atoms with Gasteiger partial charge < -0.3 is 14.7 Å². The summed E-state index contributed by atoms with van der Waals surface area (Å²) in [5.74, 6) is -0.699. The maximum Gasteiger partial charge on any atom is 0.323 e. The number of thiocarbonyl (C=S) groups is 1. The molecule has 0 aromatic heterocycles. The van der Waals surface area contributed by atoms with E-state index in [1.807, 2.05) is 42.2 Å². The SMILES string of the molecule is CCN1/C(=C2/SC(=S)N(CC(=O)O)C2=O)C=Cc2cc(OC)ccc21. The van der Waals surface area contributed by atoms with Gasteiger partial charge in [0.05, 0.1) is 12.8 Å². The predicted octanol–water partition coefficient (Wildman–Crippen LogP) is 2.70. The Balaban J connectivity index is 2.03. The molecule has 0 unspecified atom stereocenters. The number of ether oxygens (including phenoxy) is 1. The first-order valence-corrected chi connectivity index (χ1v) is 8.82. The lowest BCUT2D eigenvalue weighted by molar-refractivity contribution is -0.140. The van der Waals surface area contributed by atoms with Gasteiger partial charge in [-0.2, -0.15) is 0 Å². The van der Waals surface area contributed by atoms with Gasteiger partial charge in [-0.25, -0.2) is 0 Å². The zero-order valence-corrected chi connectivity index (χ0v) is 15.3. The Labute approximate surface area is 154 Å². The highest BCUT2D eigenvalue weighted by Crippen LogP contribution is 2.40. The molecule has 1 N–H and O–H groups in total. The Kier molecular flexibility index (Phi) is 4.82. The maximum absolute atomic E-state index is 12.6. The Morgan fingerprint density at radius 2 is 2.08 bits per heavy atom. The highest BCUT2D eigenvalue weighted by Gasteiger charge is 2.37. The lowest BCUT2D eigenvalue weighted by Crippen LogP contribution is -2.34. The third kappa shape index (κ3) is 3.14. The molecule has 1 amide bonds. The van der Waals surface area contributed by atoms with E-state index in [-0.39, 0.29) is 10.2 Å². The molecule has 0 saturated carbocycles. The first-order chi connectivity index (χ1) is 12.0. The average Bonchev–Trinajstić information content (AvgIpc) is 2.87. The summed E-state index contributed by atoms with van der Waals surface area (Å²) >= 11 is 6.32. The largest absolute Gasteiger partial charge is 0.497 e. The lowest BCUT2D eigenvalue weighted by atomic mass is 10.0. The number of rotatable bonds is 4. The molecule has 1 saturated heterocycles. The van der Waals surface area contributed by atoms with Crippen molar-refractivity contribution >= 4 is 51.9 Å². The Hall–Kier alpha value is -2.32. The standard InChI is InChI=1S/C17H16N2O4S2/c1-3-18-12-7-5-11(23-2)8-10(12)4-6-13(18)15-16(22)19(9-14(20)21)17(24)25-15/h4-8H,3,9H2,1-2H3,(H,20,21)/b15-13+. The summed E-state index contributed by atoms with van der Waals surface area (Å²) in [6, 6.07) is 5.74. The zero-order chi connectivity index (χ0) is 18.1. The van der Waals surface area contributed by atoms with Gasteiger partial charge in [-0.05, 0) is 31.2 Å². The number of carbonyl (C=O) groups excluding carboxylic acids is 1. The second kappa shape index (κ2) is 6.89. The molecular weight excluding hydrogens is 360 g/mol. The normalized spacial score (nSPS) is 19.4. The van der Waals surface area contributed by atoms with Crippen LogP contribution < -0.4 is 9.64 Å². The van der Waals surface area contributed by atoms with E-state index >= 15 is 0 Å². The minimum absolute atomic E-state index is 0.264. The van der Waals surface area contributed by atoms with Crippen molar-refractivity contribution in [3.8, 4) is 5.75 Å². The number of hydrogen-bond donors (Lipinski definition) is 1. The van der Waals surface area contributed by atoms with E-state index in [0.29, 0.717) is 11.4 Å². The number of hydrogen-bond acceptors (Lipinski definition) is 6. The minimum Gasteiger partial charge on any atom is -0.497 e. The second-order valence-corrected chi connectivity index (χ2v) is 7.01. The number of likely N-dealkylation sites (N-methyl/N-ethyl adjacent to an activating group) is 1. The number of carboxylic acid groups (broad SMARTS) is 1. The van der Waals surface area contributed by atoms with Crippen LogP contribution in [0.2, 0.25) is 0 Å². The molecule has 25 heavy (non-hydrogen) atoms. The molecule has 0 aliphatic carbocycles. The molecule has 1 fully saturated rings. The van der Waals surface area contributed by atoms with E-state index in [9.17, 15) is 9.59 Å². The molecular formula is C17H16N2O4S2. The first-order valence-electron chi connectivity index (χ1n) is 7.59. The van der Waals surface area contributed by atoms with Gasteiger partial charge in [0.15, 0.2) is 0 Å². The van der Waals surface area contributed by atoms with Crippen LogP contribution in [-0.2, 0) is 9.59 Å². The van der Waals surface area contributed by atoms with E-state index in [1.165, 1.54) is 0 Å². The van der Waals surface area contributed by atoms with Crippen LogP contribution in [0.5, 0.6) is 5.75 Å². The Bertz CT molecular complexity index is 832. The highest BCUT2D eigenvalue weighted by atomic mass is 32.2. The lowest BCUT2D eigenvalue weighted by Gasteiger charge is -2.30. The van der Waals surface area contributed by atoms with Crippen LogP contribution in [0.25, 0.3) is 6.08 Å². The minimum atomic E-state index is -1.09. The van der Waals surface area contributed by atoms with E-state index in [0.717, 1.165) is 39.4 Å². The van der Waals surface area contributed by atoms with Gasteiger partial charge in [0.25, 0.3) is 5.91 Å². The first kappa shape index (κ1) is 17.5. The van der Waals surface area contributed by atoms with Crippen molar-refractivity contribution in [1.29, 1.82) is 0 Å². The van der Waals surface area contributed by atoms with Crippen molar-refractivity contribution in [2.24, 2.45) is 0 Å². The number of amides is 1. The number of aliphatic carboxylic acids is 1. The van der Waals surface area contributed by atoms with Gasteiger partial charge in [-0.1, -0.05) is 30.1 Å². The summed E-state index contributed by atoms with van der Waals surface area (Å²) < 4.78 is 5.52. The van der Waals surface area contributed by atoms with Gasteiger partial charge in [-0.15, -0.1) is 0 Å². The third-order valence-electron chi connectivity index (χ3n) is 3.93. The van der Waals surface area contributed by atoms with Gasteiger partial charge in [0.1, 0.15) is 21.5 Å². The fourth-order valence-corrected chi connectivity index (χ4v) is 4.10. The smallest absolute Gasteiger partial charge is 0.323 e. The maximum atomic E-state index is 12.6. The van der Waals surface area contributed by atoms with Crippen molar-refractivity contribution in [2.75, 3.05) is 25.1 Å². The van der Waals surface area contributed by atoms with Crippen molar-refractivity contribution < 1.29 is 19.4 Å². The van der Waals surface area contributed by atoms with Crippen molar-refractivity contribution in [2.45, 2.75) is 6.92 Å². The van der Waals surface area contributed by atoms with E-state index < -0.39 is 12.5 Å². The molecule has 0 atom stereocenters. The summed E-state index contributed by atoms with van der Waals surface area (Å²) in [4.78, 5) is 27.2. The number of anilines is 1.